The molecular formula is C13H21N3O2S. The second-order valence-corrected chi connectivity index (χ2v) is 7.45. The maximum atomic E-state index is 12.8. The second kappa shape index (κ2) is 4.92. The Bertz CT molecular complexity index is 510. The summed E-state index contributed by atoms with van der Waals surface area (Å²) < 4.78 is 27.4. The lowest BCUT2D eigenvalue weighted by Crippen LogP contribution is -2.63. The lowest BCUT2D eigenvalue weighted by Gasteiger charge is -2.48. The number of nitrogens with zero attached hydrogens (tertiary/aromatic N) is 1. The van der Waals surface area contributed by atoms with Crippen LogP contribution in [-0.4, -0.2) is 42.9 Å². The van der Waals surface area contributed by atoms with Gasteiger partial charge >= 0.3 is 0 Å². The van der Waals surface area contributed by atoms with Crippen LogP contribution in [0.1, 0.15) is 32.1 Å². The Hall–Kier alpha value is -0.850. The number of aromatic nitrogens is 1. The molecule has 6 heteroatoms. The van der Waals surface area contributed by atoms with E-state index in [-0.39, 0.29) is 5.54 Å². The molecule has 2 fully saturated rings. The van der Waals surface area contributed by atoms with E-state index in [0.29, 0.717) is 11.4 Å². The predicted molar refractivity (Wildman–Crippen MR) is 73.4 cm³/mol. The van der Waals surface area contributed by atoms with E-state index >= 15 is 0 Å². The Balaban J connectivity index is 1.96. The molecule has 0 amide bonds. The molecule has 0 bridgehead atoms. The quantitative estimate of drug-likeness (QED) is 0.860. The topological polar surface area (TPSA) is 65.2 Å². The lowest BCUT2D eigenvalue weighted by molar-refractivity contribution is 0.101. The number of H-pyrrole nitrogens is 1. The van der Waals surface area contributed by atoms with Crippen LogP contribution < -0.4 is 5.32 Å². The Morgan fingerprint density at radius 1 is 1.21 bits per heavy atom. The first-order chi connectivity index (χ1) is 9.15. The molecule has 0 radical (unpaired) electrons. The Labute approximate surface area is 114 Å². The van der Waals surface area contributed by atoms with Crippen LogP contribution in [0.2, 0.25) is 0 Å². The zero-order chi connectivity index (χ0) is 13.3. The van der Waals surface area contributed by atoms with Crippen molar-refractivity contribution in [3.8, 4) is 0 Å². The molecule has 1 aliphatic heterocycles. The van der Waals surface area contributed by atoms with Gasteiger partial charge in [0, 0.05) is 37.6 Å². The largest absolute Gasteiger partial charge is 0.366 e. The number of nitrogens with one attached hydrogen (secondary N) is 2. The minimum absolute atomic E-state index is 0.202. The minimum atomic E-state index is -3.36. The molecule has 19 heavy (non-hydrogen) atoms. The highest BCUT2D eigenvalue weighted by molar-refractivity contribution is 7.89. The van der Waals surface area contributed by atoms with E-state index < -0.39 is 10.0 Å². The monoisotopic (exact) mass is 283 g/mol. The molecule has 0 unspecified atom stereocenters. The van der Waals surface area contributed by atoms with Gasteiger partial charge in [-0.3, -0.25) is 0 Å². The van der Waals surface area contributed by atoms with Crippen LogP contribution in [0.3, 0.4) is 0 Å². The summed E-state index contributed by atoms with van der Waals surface area (Å²) in [4.78, 5) is 3.23. The average Bonchev–Trinajstić information content (AvgIpc) is 2.94. The number of hydrogen-bond donors (Lipinski definition) is 2. The Morgan fingerprint density at radius 3 is 2.68 bits per heavy atom. The third kappa shape index (κ3) is 2.22. The van der Waals surface area contributed by atoms with Gasteiger partial charge in [-0.05, 0) is 18.9 Å². The van der Waals surface area contributed by atoms with Crippen LogP contribution in [0.4, 0.5) is 0 Å². The van der Waals surface area contributed by atoms with Crippen LogP contribution >= 0.6 is 0 Å². The van der Waals surface area contributed by atoms with E-state index in [2.05, 4.69) is 10.3 Å². The molecule has 0 atom stereocenters. The zero-order valence-corrected chi connectivity index (χ0v) is 11.9. The van der Waals surface area contributed by atoms with Crippen molar-refractivity contribution in [1.29, 1.82) is 0 Å². The van der Waals surface area contributed by atoms with Gasteiger partial charge in [-0.2, -0.15) is 4.31 Å². The second-order valence-electron chi connectivity index (χ2n) is 5.59. The Morgan fingerprint density at radius 2 is 2.00 bits per heavy atom. The fourth-order valence-corrected chi connectivity index (χ4v) is 5.23. The van der Waals surface area contributed by atoms with Gasteiger partial charge in [-0.1, -0.05) is 19.3 Å². The highest BCUT2D eigenvalue weighted by atomic mass is 32.2. The summed E-state index contributed by atoms with van der Waals surface area (Å²) in [5, 5.41) is 3.38. The van der Waals surface area contributed by atoms with Crippen molar-refractivity contribution in [2.75, 3.05) is 19.6 Å². The maximum absolute atomic E-state index is 12.8. The summed E-state index contributed by atoms with van der Waals surface area (Å²) in [5.41, 5.74) is -0.202. The fourth-order valence-electron chi connectivity index (χ4n) is 3.43. The molecule has 2 aliphatic rings. The number of rotatable bonds is 2. The van der Waals surface area contributed by atoms with Crippen LogP contribution in [-0.2, 0) is 10.0 Å². The van der Waals surface area contributed by atoms with Gasteiger partial charge in [0.25, 0.3) is 0 Å². The van der Waals surface area contributed by atoms with E-state index in [0.717, 1.165) is 38.8 Å². The lowest BCUT2D eigenvalue weighted by atomic mass is 9.80. The molecule has 1 aromatic heterocycles. The number of piperazine rings is 1. The van der Waals surface area contributed by atoms with E-state index in [9.17, 15) is 8.42 Å². The van der Waals surface area contributed by atoms with E-state index in [1.165, 1.54) is 6.42 Å². The summed E-state index contributed by atoms with van der Waals surface area (Å²) in [6.07, 6.45) is 8.67. The van der Waals surface area contributed by atoms with Crippen molar-refractivity contribution >= 4 is 10.0 Å². The summed E-state index contributed by atoms with van der Waals surface area (Å²) >= 11 is 0. The molecule has 1 spiro atoms. The first-order valence-corrected chi connectivity index (χ1v) is 8.46. The summed E-state index contributed by atoms with van der Waals surface area (Å²) in [5.74, 6) is 0. The van der Waals surface area contributed by atoms with Crippen LogP contribution in [0, 0.1) is 0 Å². The molecular weight excluding hydrogens is 262 g/mol. The van der Waals surface area contributed by atoms with Crippen molar-refractivity contribution in [1.82, 2.24) is 14.6 Å². The number of sulfonamides is 1. The standard InChI is InChI=1S/C13H21N3O2S/c17-19(18,12-4-7-14-10-12)16-9-8-15-11-13(16)5-2-1-3-6-13/h4,7,10,14-15H,1-3,5-6,8-9,11H2. The Kier molecular flexibility index (Phi) is 3.41. The molecule has 106 valence electrons. The van der Waals surface area contributed by atoms with Crippen molar-refractivity contribution in [3.63, 3.8) is 0 Å². The van der Waals surface area contributed by atoms with Crippen LogP contribution in [0.15, 0.2) is 23.4 Å². The molecule has 1 aromatic rings. The van der Waals surface area contributed by atoms with E-state index in [1.807, 2.05) is 0 Å². The first kappa shape index (κ1) is 13.1. The van der Waals surface area contributed by atoms with Gasteiger partial charge in [-0.15, -0.1) is 0 Å². The number of hydrogen-bond acceptors (Lipinski definition) is 3. The van der Waals surface area contributed by atoms with E-state index in [4.69, 9.17) is 0 Å². The summed E-state index contributed by atoms with van der Waals surface area (Å²) in [6, 6.07) is 1.65. The van der Waals surface area contributed by atoms with Crippen LogP contribution in [0.25, 0.3) is 0 Å². The van der Waals surface area contributed by atoms with Crippen molar-refractivity contribution in [3.05, 3.63) is 18.5 Å². The smallest absolute Gasteiger partial charge is 0.245 e. The van der Waals surface area contributed by atoms with E-state index in [1.54, 1.807) is 22.8 Å². The molecule has 2 heterocycles. The van der Waals surface area contributed by atoms with Gasteiger partial charge in [0.1, 0.15) is 0 Å². The molecule has 0 aromatic carbocycles. The summed E-state index contributed by atoms with van der Waals surface area (Å²) in [7, 11) is -3.36. The van der Waals surface area contributed by atoms with Crippen molar-refractivity contribution in [2.24, 2.45) is 0 Å². The molecule has 2 N–H and O–H groups in total. The average molecular weight is 283 g/mol. The van der Waals surface area contributed by atoms with Gasteiger partial charge in [-0.25, -0.2) is 8.42 Å². The molecule has 1 aliphatic carbocycles. The normalized spacial score (nSPS) is 24.6. The highest BCUT2D eigenvalue weighted by Gasteiger charge is 2.46. The van der Waals surface area contributed by atoms with Gasteiger partial charge in [0.05, 0.1) is 4.90 Å². The zero-order valence-electron chi connectivity index (χ0n) is 11.1. The van der Waals surface area contributed by atoms with Gasteiger partial charge in [0.2, 0.25) is 10.0 Å². The number of aromatic amines is 1. The minimum Gasteiger partial charge on any atom is -0.366 e. The van der Waals surface area contributed by atoms with Gasteiger partial charge < -0.3 is 10.3 Å². The van der Waals surface area contributed by atoms with Gasteiger partial charge in [0.15, 0.2) is 0 Å². The fraction of sp³-hybridized carbons (Fsp3) is 0.692. The molecule has 5 nitrogen and oxygen atoms in total. The SMILES string of the molecule is O=S(=O)(c1cc[nH]c1)N1CCNCC12CCCCC2. The van der Waals surface area contributed by atoms with Crippen molar-refractivity contribution in [2.45, 2.75) is 42.5 Å². The maximum Gasteiger partial charge on any atom is 0.245 e. The van der Waals surface area contributed by atoms with Crippen LogP contribution in [0.5, 0.6) is 0 Å². The third-order valence-electron chi connectivity index (χ3n) is 4.42. The molecule has 3 rings (SSSR count). The van der Waals surface area contributed by atoms with Crippen molar-refractivity contribution < 1.29 is 8.42 Å². The predicted octanol–water partition coefficient (Wildman–Crippen LogP) is 1.31. The highest BCUT2D eigenvalue weighted by Crippen LogP contribution is 2.37. The molecule has 1 saturated heterocycles. The third-order valence-corrected chi connectivity index (χ3v) is 6.42. The molecule has 1 saturated carbocycles. The summed E-state index contributed by atoms with van der Waals surface area (Å²) in [6.45, 7) is 2.11. The first-order valence-electron chi connectivity index (χ1n) is 7.02.